The van der Waals surface area contributed by atoms with E-state index in [-0.39, 0.29) is 5.91 Å². The lowest BCUT2D eigenvalue weighted by molar-refractivity contribution is -0.905. The van der Waals surface area contributed by atoms with Gasteiger partial charge in [-0.2, -0.15) is 0 Å². The van der Waals surface area contributed by atoms with Crippen LogP contribution in [-0.2, 0) is 11.3 Å². The predicted molar refractivity (Wildman–Crippen MR) is 102 cm³/mol. The number of ether oxygens (including phenoxy) is 1. The van der Waals surface area contributed by atoms with E-state index in [0.29, 0.717) is 13.2 Å². The maximum absolute atomic E-state index is 12.5. The van der Waals surface area contributed by atoms with Crippen LogP contribution in [0.1, 0.15) is 31.4 Å². The third kappa shape index (κ3) is 5.91. The SMILES string of the molecule is CCC[NH+](CC(=O)Nc1ccccc1C)Cc1ccccc1OCC. The van der Waals surface area contributed by atoms with Crippen molar-refractivity contribution in [2.75, 3.05) is 25.0 Å². The molecule has 4 heteroatoms. The molecule has 1 atom stereocenters. The van der Waals surface area contributed by atoms with Crippen LogP contribution in [0.4, 0.5) is 5.69 Å². The van der Waals surface area contributed by atoms with Crippen LogP contribution in [0.3, 0.4) is 0 Å². The Morgan fingerprint density at radius 2 is 1.80 bits per heavy atom. The molecule has 25 heavy (non-hydrogen) atoms. The van der Waals surface area contributed by atoms with Gasteiger partial charge < -0.3 is 15.0 Å². The number of quaternary nitrogens is 1. The van der Waals surface area contributed by atoms with Crippen molar-refractivity contribution in [3.8, 4) is 5.75 Å². The van der Waals surface area contributed by atoms with Gasteiger partial charge in [-0.25, -0.2) is 0 Å². The number of amides is 1. The Hall–Kier alpha value is -2.33. The molecule has 0 bridgehead atoms. The lowest BCUT2D eigenvalue weighted by atomic mass is 10.1. The van der Waals surface area contributed by atoms with Crippen LogP contribution in [0.25, 0.3) is 0 Å². The summed E-state index contributed by atoms with van der Waals surface area (Å²) in [6, 6.07) is 16.0. The summed E-state index contributed by atoms with van der Waals surface area (Å²) >= 11 is 0. The normalized spacial score (nSPS) is 11.8. The van der Waals surface area contributed by atoms with E-state index in [2.05, 4.69) is 18.3 Å². The largest absolute Gasteiger partial charge is 0.493 e. The summed E-state index contributed by atoms with van der Waals surface area (Å²) in [4.78, 5) is 13.7. The van der Waals surface area contributed by atoms with Crippen molar-refractivity contribution in [3.05, 3.63) is 59.7 Å². The average Bonchev–Trinajstić information content (AvgIpc) is 2.59. The van der Waals surface area contributed by atoms with Crippen LogP contribution in [0.5, 0.6) is 5.75 Å². The zero-order valence-electron chi connectivity index (χ0n) is 15.5. The molecule has 2 aromatic carbocycles. The molecule has 4 nitrogen and oxygen atoms in total. The molecule has 0 aromatic heterocycles. The molecule has 0 heterocycles. The van der Waals surface area contributed by atoms with Gasteiger partial charge in [0.1, 0.15) is 12.3 Å². The smallest absolute Gasteiger partial charge is 0.279 e. The fourth-order valence-corrected chi connectivity index (χ4v) is 2.94. The zero-order valence-corrected chi connectivity index (χ0v) is 15.5. The first-order chi connectivity index (χ1) is 12.1. The number of aryl methyl sites for hydroxylation is 1. The molecular weight excluding hydrogens is 312 g/mol. The zero-order chi connectivity index (χ0) is 18.1. The van der Waals surface area contributed by atoms with Crippen LogP contribution in [0, 0.1) is 6.92 Å². The number of carbonyl (C=O) groups excluding carboxylic acids is 1. The van der Waals surface area contributed by atoms with Crippen molar-refractivity contribution in [2.45, 2.75) is 33.7 Å². The van der Waals surface area contributed by atoms with Crippen LogP contribution in [0.15, 0.2) is 48.5 Å². The summed E-state index contributed by atoms with van der Waals surface area (Å²) < 4.78 is 5.72. The number of hydrogen-bond donors (Lipinski definition) is 2. The fraction of sp³-hybridized carbons (Fsp3) is 0.381. The quantitative estimate of drug-likeness (QED) is 0.736. The van der Waals surface area contributed by atoms with Crippen LogP contribution in [-0.4, -0.2) is 25.6 Å². The van der Waals surface area contributed by atoms with E-state index < -0.39 is 0 Å². The number of benzene rings is 2. The Labute approximate surface area is 150 Å². The van der Waals surface area contributed by atoms with Gasteiger partial charge in [-0.1, -0.05) is 37.3 Å². The van der Waals surface area contributed by atoms with Crippen molar-refractivity contribution in [1.82, 2.24) is 0 Å². The third-order valence-corrected chi connectivity index (χ3v) is 4.15. The van der Waals surface area contributed by atoms with Gasteiger partial charge in [0.15, 0.2) is 6.54 Å². The Balaban J connectivity index is 2.03. The summed E-state index contributed by atoms with van der Waals surface area (Å²) in [6.07, 6.45) is 1.03. The van der Waals surface area contributed by atoms with Gasteiger partial charge in [0.25, 0.3) is 5.91 Å². The van der Waals surface area contributed by atoms with Crippen molar-refractivity contribution >= 4 is 11.6 Å². The lowest BCUT2D eigenvalue weighted by Gasteiger charge is -2.20. The Bertz CT molecular complexity index is 685. The number of para-hydroxylation sites is 2. The molecule has 0 saturated heterocycles. The second-order valence-corrected chi connectivity index (χ2v) is 6.26. The van der Waals surface area contributed by atoms with E-state index in [1.807, 2.05) is 56.3 Å². The highest BCUT2D eigenvalue weighted by molar-refractivity contribution is 5.92. The number of anilines is 1. The second kappa shape index (κ2) is 9.84. The Morgan fingerprint density at radius 3 is 2.52 bits per heavy atom. The Kier molecular flexibility index (Phi) is 7.48. The van der Waals surface area contributed by atoms with E-state index in [1.165, 1.54) is 4.90 Å². The van der Waals surface area contributed by atoms with Crippen LogP contribution in [0.2, 0.25) is 0 Å². The number of nitrogens with one attached hydrogen (secondary N) is 2. The summed E-state index contributed by atoms with van der Waals surface area (Å²) in [5.74, 6) is 0.963. The van der Waals surface area contributed by atoms with Gasteiger partial charge in [0.2, 0.25) is 0 Å². The standard InChI is InChI=1S/C21H28N2O2/c1-4-14-23(15-18-11-7-9-13-20(18)25-5-2)16-21(24)22-19-12-8-6-10-17(19)3/h6-13H,4-5,14-16H2,1-3H3,(H,22,24)/p+1. The molecule has 1 unspecified atom stereocenters. The summed E-state index contributed by atoms with van der Waals surface area (Å²) in [5, 5.41) is 3.03. The average molecular weight is 341 g/mol. The lowest BCUT2D eigenvalue weighted by Crippen LogP contribution is -3.11. The first-order valence-electron chi connectivity index (χ1n) is 9.03. The molecule has 2 rings (SSSR count). The molecular formula is C21H29N2O2+. The summed E-state index contributed by atoms with van der Waals surface area (Å²) in [7, 11) is 0. The van der Waals surface area contributed by atoms with Crippen molar-refractivity contribution in [3.63, 3.8) is 0 Å². The van der Waals surface area contributed by atoms with E-state index in [0.717, 1.165) is 42.1 Å². The number of hydrogen-bond acceptors (Lipinski definition) is 2. The van der Waals surface area contributed by atoms with Crippen LogP contribution >= 0.6 is 0 Å². The molecule has 0 radical (unpaired) electrons. The first kappa shape index (κ1) is 19.0. The highest BCUT2D eigenvalue weighted by Gasteiger charge is 2.17. The fourth-order valence-electron chi connectivity index (χ4n) is 2.94. The van der Waals surface area contributed by atoms with Crippen molar-refractivity contribution in [1.29, 1.82) is 0 Å². The molecule has 2 N–H and O–H groups in total. The van der Waals surface area contributed by atoms with Gasteiger partial charge in [-0.3, -0.25) is 4.79 Å². The predicted octanol–water partition coefficient (Wildman–Crippen LogP) is 2.83. The topological polar surface area (TPSA) is 42.8 Å². The molecule has 0 aliphatic heterocycles. The summed E-state index contributed by atoms with van der Waals surface area (Å²) in [6.45, 7) is 8.96. The van der Waals surface area contributed by atoms with Crippen molar-refractivity contribution in [2.24, 2.45) is 0 Å². The minimum atomic E-state index is 0.0478. The monoisotopic (exact) mass is 341 g/mol. The van der Waals surface area contributed by atoms with Gasteiger partial charge in [-0.15, -0.1) is 0 Å². The molecule has 0 saturated carbocycles. The highest BCUT2D eigenvalue weighted by atomic mass is 16.5. The molecule has 0 fully saturated rings. The molecule has 0 aliphatic carbocycles. The van der Waals surface area contributed by atoms with E-state index in [9.17, 15) is 4.79 Å². The van der Waals surface area contributed by atoms with E-state index in [1.54, 1.807) is 0 Å². The molecule has 2 aromatic rings. The van der Waals surface area contributed by atoms with E-state index >= 15 is 0 Å². The molecule has 134 valence electrons. The minimum absolute atomic E-state index is 0.0478. The second-order valence-electron chi connectivity index (χ2n) is 6.26. The molecule has 1 amide bonds. The van der Waals surface area contributed by atoms with Gasteiger partial charge in [-0.05, 0) is 44.0 Å². The maximum Gasteiger partial charge on any atom is 0.279 e. The molecule has 0 aliphatic rings. The van der Waals surface area contributed by atoms with E-state index in [4.69, 9.17) is 4.74 Å². The first-order valence-corrected chi connectivity index (χ1v) is 9.03. The van der Waals surface area contributed by atoms with Crippen molar-refractivity contribution < 1.29 is 14.4 Å². The Morgan fingerprint density at radius 1 is 1.08 bits per heavy atom. The molecule has 0 spiro atoms. The number of carbonyl (C=O) groups is 1. The number of rotatable bonds is 9. The summed E-state index contributed by atoms with van der Waals surface area (Å²) in [5.41, 5.74) is 3.11. The maximum atomic E-state index is 12.5. The van der Waals surface area contributed by atoms with Crippen LogP contribution < -0.4 is 15.0 Å². The van der Waals surface area contributed by atoms with Gasteiger partial charge >= 0.3 is 0 Å². The van der Waals surface area contributed by atoms with Gasteiger partial charge in [0.05, 0.1) is 13.2 Å². The third-order valence-electron chi connectivity index (χ3n) is 4.15. The van der Waals surface area contributed by atoms with Gasteiger partial charge in [0, 0.05) is 11.3 Å². The minimum Gasteiger partial charge on any atom is -0.493 e. The highest BCUT2D eigenvalue weighted by Crippen LogP contribution is 2.16.